The van der Waals surface area contributed by atoms with E-state index in [-0.39, 0.29) is 53.7 Å². The molecule has 0 aromatic heterocycles. The number of piperidine rings is 2. The van der Waals surface area contributed by atoms with Gasteiger partial charge in [-0.15, -0.1) is 0 Å². The van der Waals surface area contributed by atoms with Gasteiger partial charge >= 0.3 is 6.18 Å². The summed E-state index contributed by atoms with van der Waals surface area (Å²) in [6.45, 7) is 0.148. The van der Waals surface area contributed by atoms with Crippen LogP contribution in [-0.2, 0) is 15.2 Å². The van der Waals surface area contributed by atoms with E-state index in [9.17, 15) is 32.3 Å². The molecule has 188 valence electrons. The van der Waals surface area contributed by atoms with Crippen molar-refractivity contribution in [2.24, 2.45) is 5.41 Å². The Labute approximate surface area is 212 Å². The summed E-state index contributed by atoms with van der Waals surface area (Å²) >= 11 is 8.95. The van der Waals surface area contributed by atoms with Crippen molar-refractivity contribution in [3.05, 3.63) is 68.9 Å². The first-order chi connectivity index (χ1) is 16.4. The van der Waals surface area contributed by atoms with E-state index in [1.165, 1.54) is 18.2 Å². The lowest BCUT2D eigenvalue weighted by Crippen LogP contribution is -2.59. The predicted molar refractivity (Wildman–Crippen MR) is 124 cm³/mol. The van der Waals surface area contributed by atoms with Crippen molar-refractivity contribution >= 4 is 39.3 Å². The highest BCUT2D eigenvalue weighted by Gasteiger charge is 2.63. The monoisotopic (exact) mass is 576 g/mol. The molecule has 2 aromatic rings. The van der Waals surface area contributed by atoms with Gasteiger partial charge in [-0.1, -0.05) is 39.7 Å². The van der Waals surface area contributed by atoms with E-state index >= 15 is 0 Å². The first-order valence-corrected chi connectivity index (χ1v) is 12.1. The maximum atomic E-state index is 14.1. The summed E-state index contributed by atoms with van der Waals surface area (Å²) in [5.74, 6) is -2.27. The Balaban J connectivity index is 1.62. The molecule has 2 heterocycles. The van der Waals surface area contributed by atoms with Crippen molar-refractivity contribution in [1.82, 2.24) is 10.2 Å². The van der Waals surface area contributed by atoms with Crippen LogP contribution in [-0.4, -0.2) is 47.6 Å². The predicted octanol–water partition coefficient (Wildman–Crippen LogP) is 4.90. The second-order valence-electron chi connectivity index (χ2n) is 9.11. The minimum atomic E-state index is -5.30. The van der Waals surface area contributed by atoms with Crippen LogP contribution in [0.4, 0.5) is 17.6 Å². The fraction of sp³-hybridized carbons (Fsp3) is 0.417. The summed E-state index contributed by atoms with van der Waals surface area (Å²) in [6.07, 6.45) is -4.66. The second-order valence-corrected chi connectivity index (χ2v) is 10.5. The minimum absolute atomic E-state index is 0.0715. The third kappa shape index (κ3) is 4.80. The molecule has 2 saturated heterocycles. The van der Waals surface area contributed by atoms with Gasteiger partial charge < -0.3 is 15.3 Å². The van der Waals surface area contributed by atoms with E-state index in [0.29, 0.717) is 6.54 Å². The van der Waals surface area contributed by atoms with Crippen LogP contribution in [0.25, 0.3) is 0 Å². The molecule has 5 nitrogen and oxygen atoms in total. The molecule has 35 heavy (non-hydrogen) atoms. The number of nitrogens with one attached hydrogen (secondary N) is 1. The van der Waals surface area contributed by atoms with Crippen LogP contribution in [0.2, 0.25) is 5.02 Å². The van der Waals surface area contributed by atoms with Crippen molar-refractivity contribution in [3.63, 3.8) is 0 Å². The topological polar surface area (TPSA) is 69.6 Å². The summed E-state index contributed by atoms with van der Waals surface area (Å²) in [7, 11) is 0. The molecule has 0 unspecified atom stereocenters. The molecule has 11 heteroatoms. The fourth-order valence-corrected chi connectivity index (χ4v) is 6.04. The maximum Gasteiger partial charge on any atom is 0.430 e. The highest BCUT2D eigenvalue weighted by Crippen LogP contribution is 2.50. The fourth-order valence-electron chi connectivity index (χ4n) is 5.18. The third-order valence-corrected chi connectivity index (χ3v) is 7.75. The molecular weight excluding hydrogens is 556 g/mol. The van der Waals surface area contributed by atoms with Crippen LogP contribution in [0.5, 0.6) is 0 Å². The van der Waals surface area contributed by atoms with E-state index in [2.05, 4.69) is 21.2 Å². The largest absolute Gasteiger partial charge is 0.430 e. The van der Waals surface area contributed by atoms with Gasteiger partial charge in [0.2, 0.25) is 5.91 Å². The molecule has 2 atom stereocenters. The molecule has 0 saturated carbocycles. The molecule has 2 amide bonds. The summed E-state index contributed by atoms with van der Waals surface area (Å²) < 4.78 is 56.0. The molecule has 0 bridgehead atoms. The Morgan fingerprint density at radius 2 is 1.77 bits per heavy atom. The van der Waals surface area contributed by atoms with E-state index in [0.717, 1.165) is 22.6 Å². The van der Waals surface area contributed by atoms with E-state index in [1.807, 2.05) is 0 Å². The lowest BCUT2D eigenvalue weighted by Gasteiger charge is -2.50. The first-order valence-electron chi connectivity index (χ1n) is 10.9. The Bertz CT molecular complexity index is 1120. The standard InChI is InChI=1S/C24H22BrClF4N2O3/c25-16-9-15(10-17(26)11-16)23(35,24(28,29)30)21(34)32-7-5-22(6-8-32)12-20(33)31-13-19(22)14-1-3-18(27)4-2-14/h1-4,9-11,19,35H,5-8,12-13H2,(H,31,33)/t19-,23+/m0/s1. The van der Waals surface area contributed by atoms with E-state index in [1.54, 1.807) is 12.1 Å². The van der Waals surface area contributed by atoms with Gasteiger partial charge in [0.25, 0.3) is 11.5 Å². The van der Waals surface area contributed by atoms with Gasteiger partial charge in [-0.2, -0.15) is 13.2 Å². The highest BCUT2D eigenvalue weighted by atomic mass is 79.9. The summed E-state index contributed by atoms with van der Waals surface area (Å²) in [4.78, 5) is 26.4. The number of amides is 2. The average molecular weight is 578 g/mol. The van der Waals surface area contributed by atoms with Crippen molar-refractivity contribution in [2.75, 3.05) is 19.6 Å². The minimum Gasteiger partial charge on any atom is -0.368 e. The zero-order chi connectivity index (χ0) is 25.6. The number of likely N-dealkylation sites (tertiary alicyclic amines) is 1. The van der Waals surface area contributed by atoms with E-state index in [4.69, 9.17) is 11.6 Å². The highest BCUT2D eigenvalue weighted by molar-refractivity contribution is 9.10. The number of alkyl halides is 3. The lowest BCUT2D eigenvalue weighted by molar-refractivity contribution is -0.262. The molecule has 4 rings (SSSR count). The van der Waals surface area contributed by atoms with Crippen LogP contribution >= 0.6 is 27.5 Å². The summed E-state index contributed by atoms with van der Waals surface area (Å²) in [5, 5.41) is 13.5. The molecule has 2 aliphatic heterocycles. The van der Waals surface area contributed by atoms with Crippen LogP contribution in [0, 0.1) is 11.2 Å². The van der Waals surface area contributed by atoms with Gasteiger partial charge in [-0.05, 0) is 54.2 Å². The smallest absolute Gasteiger partial charge is 0.368 e. The van der Waals surface area contributed by atoms with Crippen molar-refractivity contribution in [1.29, 1.82) is 0 Å². The maximum absolute atomic E-state index is 14.1. The van der Waals surface area contributed by atoms with Crippen molar-refractivity contribution in [3.8, 4) is 0 Å². The Morgan fingerprint density at radius 1 is 1.14 bits per heavy atom. The van der Waals surface area contributed by atoms with Crippen LogP contribution in [0.3, 0.4) is 0 Å². The van der Waals surface area contributed by atoms with Gasteiger partial charge in [-0.25, -0.2) is 4.39 Å². The number of carbonyl (C=O) groups excluding carboxylic acids is 2. The zero-order valence-electron chi connectivity index (χ0n) is 18.3. The Hall–Kier alpha value is -2.17. The molecule has 1 spiro atoms. The molecule has 0 radical (unpaired) electrons. The van der Waals surface area contributed by atoms with Crippen LogP contribution < -0.4 is 5.32 Å². The van der Waals surface area contributed by atoms with Gasteiger partial charge in [0.15, 0.2) is 0 Å². The summed E-state index contributed by atoms with van der Waals surface area (Å²) in [6, 6.07) is 9.19. The summed E-state index contributed by atoms with van der Waals surface area (Å²) in [5.41, 5.74) is -4.27. The molecule has 2 N–H and O–H groups in total. The van der Waals surface area contributed by atoms with Crippen LogP contribution in [0.15, 0.2) is 46.9 Å². The van der Waals surface area contributed by atoms with Crippen LogP contribution in [0.1, 0.15) is 36.3 Å². The normalized spacial score (nSPS) is 22.0. The number of aliphatic hydroxyl groups is 1. The van der Waals surface area contributed by atoms with Gasteiger partial charge in [0.1, 0.15) is 5.82 Å². The number of hydrogen-bond donors (Lipinski definition) is 2. The number of rotatable bonds is 3. The third-order valence-electron chi connectivity index (χ3n) is 7.07. The number of carbonyl (C=O) groups is 2. The molecule has 2 aliphatic rings. The average Bonchev–Trinajstić information content (AvgIpc) is 2.78. The van der Waals surface area contributed by atoms with Crippen molar-refractivity contribution in [2.45, 2.75) is 37.0 Å². The molecular formula is C24H22BrClF4N2O3. The quantitative estimate of drug-likeness (QED) is 0.510. The van der Waals surface area contributed by atoms with Gasteiger partial charge in [0.05, 0.1) is 0 Å². The Morgan fingerprint density at radius 3 is 2.34 bits per heavy atom. The first kappa shape index (κ1) is 25.9. The number of nitrogens with zero attached hydrogens (tertiary/aromatic N) is 1. The van der Waals surface area contributed by atoms with E-state index < -0.39 is 34.5 Å². The van der Waals surface area contributed by atoms with Gasteiger partial charge in [0, 0.05) is 47.0 Å². The number of halogens is 6. The molecule has 0 aliphatic carbocycles. The van der Waals surface area contributed by atoms with Gasteiger partial charge in [-0.3, -0.25) is 9.59 Å². The SMILES string of the molecule is O=C1CC2(CCN(C(=O)[C@](O)(c3cc(Cl)cc(Br)c3)C(F)(F)F)CC2)[C@H](c2ccc(F)cc2)CN1. The number of hydrogen-bond acceptors (Lipinski definition) is 3. The lowest BCUT2D eigenvalue weighted by atomic mass is 9.62. The van der Waals surface area contributed by atoms with Crippen molar-refractivity contribution < 1.29 is 32.3 Å². The molecule has 2 aromatic carbocycles. The Kier molecular flexibility index (Phi) is 6.93. The zero-order valence-corrected chi connectivity index (χ0v) is 20.7. The molecule has 2 fully saturated rings. The second kappa shape index (κ2) is 9.37. The number of benzene rings is 2.